The Hall–Kier alpha value is -0.260. The van der Waals surface area contributed by atoms with Gasteiger partial charge in [0.1, 0.15) is 0 Å². The predicted octanol–water partition coefficient (Wildman–Crippen LogP) is 6.61. The lowest BCUT2D eigenvalue weighted by Gasteiger charge is -2.40. The van der Waals surface area contributed by atoms with Crippen LogP contribution >= 0.6 is 0 Å². The van der Waals surface area contributed by atoms with Crippen LogP contribution in [0.25, 0.3) is 0 Å². The molecule has 0 amide bonds. The van der Waals surface area contributed by atoms with Gasteiger partial charge >= 0.3 is 0 Å². The second-order valence-corrected chi connectivity index (χ2v) is 6.82. The summed E-state index contributed by atoms with van der Waals surface area (Å²) in [6.07, 6.45) is 9.29. The van der Waals surface area contributed by atoms with Gasteiger partial charge in [-0.15, -0.1) is 6.58 Å². The third kappa shape index (κ3) is 6.07. The first-order chi connectivity index (χ1) is 8.38. The lowest BCUT2D eigenvalue weighted by atomic mass is 9.65. The van der Waals surface area contributed by atoms with Gasteiger partial charge in [0.05, 0.1) is 0 Å². The fourth-order valence-electron chi connectivity index (χ4n) is 3.44. The monoisotopic (exact) mass is 252 g/mol. The quantitative estimate of drug-likeness (QED) is 0.384. The van der Waals surface area contributed by atoms with Crippen molar-refractivity contribution >= 4 is 0 Å². The SMILES string of the molecule is C=C(C)CC(C(CC)CCCC)C(C)(C)CCC. The Morgan fingerprint density at radius 3 is 2.11 bits per heavy atom. The zero-order chi connectivity index (χ0) is 14.2. The third-order valence-corrected chi connectivity index (χ3v) is 4.49. The van der Waals surface area contributed by atoms with Crippen molar-refractivity contribution in [2.24, 2.45) is 17.3 Å². The summed E-state index contributed by atoms with van der Waals surface area (Å²) in [4.78, 5) is 0. The van der Waals surface area contributed by atoms with E-state index in [2.05, 4.69) is 48.1 Å². The van der Waals surface area contributed by atoms with E-state index < -0.39 is 0 Å². The highest BCUT2D eigenvalue weighted by atomic mass is 14.4. The predicted molar refractivity (Wildman–Crippen MR) is 84.9 cm³/mol. The van der Waals surface area contributed by atoms with Gasteiger partial charge in [0, 0.05) is 0 Å². The summed E-state index contributed by atoms with van der Waals surface area (Å²) < 4.78 is 0. The Bertz CT molecular complexity index is 224. The molecule has 0 saturated heterocycles. The van der Waals surface area contributed by atoms with Crippen LogP contribution in [0.2, 0.25) is 0 Å². The fourth-order valence-corrected chi connectivity index (χ4v) is 3.44. The molecule has 0 aliphatic heterocycles. The molecule has 0 aromatic heterocycles. The average Bonchev–Trinajstić information content (AvgIpc) is 2.27. The third-order valence-electron chi connectivity index (χ3n) is 4.49. The average molecular weight is 252 g/mol. The first-order valence-electron chi connectivity index (χ1n) is 8.03. The van der Waals surface area contributed by atoms with E-state index in [1.165, 1.54) is 50.5 Å². The molecule has 2 atom stereocenters. The van der Waals surface area contributed by atoms with Gasteiger partial charge in [-0.05, 0) is 37.0 Å². The van der Waals surface area contributed by atoms with Crippen molar-refractivity contribution in [2.45, 2.75) is 86.5 Å². The van der Waals surface area contributed by atoms with Gasteiger partial charge in [-0.3, -0.25) is 0 Å². The molecule has 0 heterocycles. The second kappa shape index (κ2) is 8.77. The Morgan fingerprint density at radius 2 is 1.72 bits per heavy atom. The molecule has 0 bridgehead atoms. The largest absolute Gasteiger partial charge is 0.100 e. The smallest absolute Gasteiger partial charge is 0.0290 e. The van der Waals surface area contributed by atoms with Gasteiger partial charge in [-0.1, -0.05) is 72.3 Å². The number of unbranched alkanes of at least 4 members (excludes halogenated alkanes) is 1. The van der Waals surface area contributed by atoms with E-state index in [4.69, 9.17) is 0 Å². The Kier molecular flexibility index (Phi) is 8.65. The summed E-state index contributed by atoms with van der Waals surface area (Å²) in [6.45, 7) is 18.3. The highest BCUT2D eigenvalue weighted by molar-refractivity contribution is 4.96. The first kappa shape index (κ1) is 17.7. The Morgan fingerprint density at radius 1 is 1.11 bits per heavy atom. The molecule has 0 fully saturated rings. The molecule has 2 unspecified atom stereocenters. The molecule has 0 aromatic rings. The van der Waals surface area contributed by atoms with Gasteiger partial charge in [-0.2, -0.15) is 0 Å². The van der Waals surface area contributed by atoms with Crippen molar-refractivity contribution in [3.63, 3.8) is 0 Å². The molecule has 0 saturated carbocycles. The minimum Gasteiger partial charge on any atom is -0.100 e. The molecule has 0 aromatic carbocycles. The van der Waals surface area contributed by atoms with Gasteiger partial charge in [0.2, 0.25) is 0 Å². The van der Waals surface area contributed by atoms with Crippen molar-refractivity contribution in [1.82, 2.24) is 0 Å². The highest BCUT2D eigenvalue weighted by Gasteiger charge is 2.33. The minimum absolute atomic E-state index is 0.460. The molecular weight excluding hydrogens is 216 g/mol. The fraction of sp³-hybridized carbons (Fsp3) is 0.889. The van der Waals surface area contributed by atoms with E-state index in [0.717, 1.165) is 11.8 Å². The molecule has 18 heavy (non-hydrogen) atoms. The topological polar surface area (TPSA) is 0 Å². The Labute approximate surface area is 116 Å². The molecule has 0 nitrogen and oxygen atoms in total. The molecule has 0 spiro atoms. The van der Waals surface area contributed by atoms with Crippen molar-refractivity contribution in [3.8, 4) is 0 Å². The zero-order valence-corrected chi connectivity index (χ0v) is 13.8. The van der Waals surface area contributed by atoms with Crippen LogP contribution in [-0.4, -0.2) is 0 Å². The summed E-state index contributed by atoms with van der Waals surface area (Å²) in [6, 6.07) is 0. The van der Waals surface area contributed by atoms with E-state index in [9.17, 15) is 0 Å². The maximum absolute atomic E-state index is 4.17. The van der Waals surface area contributed by atoms with E-state index >= 15 is 0 Å². The lowest BCUT2D eigenvalue weighted by molar-refractivity contribution is 0.113. The molecule has 0 heteroatoms. The van der Waals surface area contributed by atoms with Crippen molar-refractivity contribution in [2.75, 3.05) is 0 Å². The molecule has 108 valence electrons. The van der Waals surface area contributed by atoms with Crippen LogP contribution in [0.3, 0.4) is 0 Å². The van der Waals surface area contributed by atoms with Crippen molar-refractivity contribution < 1.29 is 0 Å². The standard InChI is InChI=1S/C18H36/c1-8-11-12-16(10-3)17(14-15(4)5)18(6,7)13-9-2/h16-17H,4,8-14H2,1-3,5-7H3. The van der Waals surface area contributed by atoms with Gasteiger partial charge < -0.3 is 0 Å². The minimum atomic E-state index is 0.460. The van der Waals surface area contributed by atoms with E-state index in [1.807, 2.05) is 0 Å². The van der Waals surface area contributed by atoms with Crippen LogP contribution in [0.15, 0.2) is 12.2 Å². The lowest BCUT2D eigenvalue weighted by Crippen LogP contribution is -2.31. The van der Waals surface area contributed by atoms with Crippen LogP contribution in [0.5, 0.6) is 0 Å². The maximum atomic E-state index is 4.17. The number of hydrogen-bond acceptors (Lipinski definition) is 0. The number of rotatable bonds is 10. The van der Waals surface area contributed by atoms with Gasteiger partial charge in [0.25, 0.3) is 0 Å². The molecule has 0 N–H and O–H groups in total. The summed E-state index contributed by atoms with van der Waals surface area (Å²) >= 11 is 0. The number of hydrogen-bond donors (Lipinski definition) is 0. The maximum Gasteiger partial charge on any atom is -0.0290 e. The van der Waals surface area contributed by atoms with E-state index in [-0.39, 0.29) is 0 Å². The molecule has 0 radical (unpaired) electrons. The van der Waals surface area contributed by atoms with Crippen LogP contribution in [0.1, 0.15) is 86.5 Å². The normalized spacial score (nSPS) is 15.4. The van der Waals surface area contributed by atoms with Crippen LogP contribution in [0, 0.1) is 17.3 Å². The van der Waals surface area contributed by atoms with E-state index in [1.54, 1.807) is 0 Å². The van der Waals surface area contributed by atoms with Gasteiger partial charge in [0.15, 0.2) is 0 Å². The van der Waals surface area contributed by atoms with Gasteiger partial charge in [-0.25, -0.2) is 0 Å². The van der Waals surface area contributed by atoms with Crippen LogP contribution in [-0.2, 0) is 0 Å². The van der Waals surface area contributed by atoms with Crippen molar-refractivity contribution in [1.29, 1.82) is 0 Å². The molecular formula is C18H36. The van der Waals surface area contributed by atoms with E-state index in [0.29, 0.717) is 5.41 Å². The first-order valence-corrected chi connectivity index (χ1v) is 8.03. The summed E-state index contributed by atoms with van der Waals surface area (Å²) in [5.74, 6) is 1.69. The van der Waals surface area contributed by atoms with Crippen LogP contribution in [0.4, 0.5) is 0 Å². The number of allylic oxidation sites excluding steroid dienone is 1. The molecule has 0 rings (SSSR count). The highest BCUT2D eigenvalue weighted by Crippen LogP contribution is 2.43. The summed E-state index contributed by atoms with van der Waals surface area (Å²) in [7, 11) is 0. The van der Waals surface area contributed by atoms with Crippen LogP contribution < -0.4 is 0 Å². The molecule has 0 aliphatic rings. The molecule has 0 aliphatic carbocycles. The van der Waals surface area contributed by atoms with Crippen molar-refractivity contribution in [3.05, 3.63) is 12.2 Å². The summed E-state index contributed by atoms with van der Waals surface area (Å²) in [5, 5.41) is 0. The second-order valence-electron chi connectivity index (χ2n) is 6.82. The zero-order valence-electron chi connectivity index (χ0n) is 13.8. The Balaban J connectivity index is 4.87. The summed E-state index contributed by atoms with van der Waals surface area (Å²) in [5.41, 5.74) is 1.82.